The number of pyridine rings is 1. The van der Waals surface area contributed by atoms with Gasteiger partial charge in [0.1, 0.15) is 0 Å². The van der Waals surface area contributed by atoms with E-state index in [4.69, 9.17) is 4.74 Å². The lowest BCUT2D eigenvalue weighted by Crippen LogP contribution is -2.29. The molecule has 1 aliphatic rings. The number of cyclic esters (lactones) is 1. The van der Waals surface area contributed by atoms with Gasteiger partial charge in [-0.1, -0.05) is 75.9 Å². The average Bonchev–Trinajstić information content (AvgIpc) is 3.60. The number of hydrogen-bond donors (Lipinski definition) is 0. The van der Waals surface area contributed by atoms with Crippen LogP contribution < -0.4 is 0 Å². The number of aromatic nitrogens is 3. The highest BCUT2D eigenvalue weighted by Crippen LogP contribution is 2.51. The van der Waals surface area contributed by atoms with Crippen LogP contribution >= 0.6 is 0 Å². The van der Waals surface area contributed by atoms with Crippen molar-refractivity contribution < 1.29 is 9.53 Å². The first-order valence-electron chi connectivity index (χ1n) is 14.0. The fourth-order valence-corrected chi connectivity index (χ4v) is 6.14. The minimum absolute atomic E-state index is 0.298. The maximum absolute atomic E-state index is 13.5. The molecule has 0 unspecified atom stereocenters. The van der Waals surface area contributed by atoms with E-state index in [1.54, 1.807) is 12.3 Å². The number of benzene rings is 2. The molecule has 2 aromatic carbocycles. The Labute approximate surface area is 224 Å². The summed E-state index contributed by atoms with van der Waals surface area (Å²) in [6, 6.07) is 18.8. The Hall–Kier alpha value is -3.86. The van der Waals surface area contributed by atoms with E-state index in [0.29, 0.717) is 5.56 Å². The zero-order valence-corrected chi connectivity index (χ0v) is 22.3. The van der Waals surface area contributed by atoms with E-state index < -0.39 is 5.60 Å². The van der Waals surface area contributed by atoms with Crippen molar-refractivity contribution in [1.82, 2.24) is 14.1 Å². The molecule has 5 aromatic rings. The number of carbonyl (C=O) groups is 1. The van der Waals surface area contributed by atoms with E-state index in [-0.39, 0.29) is 5.97 Å². The van der Waals surface area contributed by atoms with Crippen molar-refractivity contribution in [2.75, 3.05) is 0 Å². The molecule has 0 amide bonds. The smallest absolute Gasteiger partial charge is 0.340 e. The predicted octanol–water partition coefficient (Wildman–Crippen LogP) is 7.83. The highest BCUT2D eigenvalue weighted by molar-refractivity contribution is 6.00. The summed E-state index contributed by atoms with van der Waals surface area (Å²) >= 11 is 0. The molecule has 6 rings (SSSR count). The second-order valence-electron chi connectivity index (χ2n) is 10.4. The van der Waals surface area contributed by atoms with Crippen molar-refractivity contribution in [3.63, 3.8) is 0 Å². The van der Waals surface area contributed by atoms with E-state index in [1.807, 2.05) is 6.20 Å². The van der Waals surface area contributed by atoms with Crippen molar-refractivity contribution in [2.24, 2.45) is 0 Å². The molecule has 0 N–H and O–H groups in total. The lowest BCUT2D eigenvalue weighted by molar-refractivity contribution is 0.0258. The first kappa shape index (κ1) is 24.5. The Bertz CT molecular complexity index is 1520. The highest BCUT2D eigenvalue weighted by atomic mass is 16.6. The summed E-state index contributed by atoms with van der Waals surface area (Å²) in [7, 11) is 0. The van der Waals surface area contributed by atoms with Crippen LogP contribution in [0.1, 0.15) is 79.4 Å². The molecule has 0 saturated heterocycles. The third-order valence-electron chi connectivity index (χ3n) is 8.01. The summed E-state index contributed by atoms with van der Waals surface area (Å²) in [5.41, 5.74) is 4.66. The van der Waals surface area contributed by atoms with Gasteiger partial charge in [-0.05, 0) is 31.0 Å². The van der Waals surface area contributed by atoms with E-state index in [1.165, 1.54) is 25.7 Å². The molecule has 5 heteroatoms. The lowest BCUT2D eigenvalue weighted by atomic mass is 9.80. The maximum atomic E-state index is 13.5. The van der Waals surface area contributed by atoms with Gasteiger partial charge in [0.2, 0.25) is 0 Å². The van der Waals surface area contributed by atoms with Gasteiger partial charge in [0.15, 0.2) is 5.60 Å². The number of para-hydroxylation sites is 2. The molecule has 0 aliphatic carbocycles. The molecule has 1 aliphatic heterocycles. The SMILES string of the molecule is CCCCCn1cc(C2(c3cn(CCCCC)c4ccccc34)OC(=O)c3ccncc32)c2ccccc21. The third-order valence-corrected chi connectivity index (χ3v) is 8.01. The molecule has 0 saturated carbocycles. The largest absolute Gasteiger partial charge is 0.440 e. The van der Waals surface area contributed by atoms with Crippen LogP contribution in [-0.2, 0) is 23.4 Å². The van der Waals surface area contributed by atoms with Crippen LogP contribution in [0.3, 0.4) is 0 Å². The summed E-state index contributed by atoms with van der Waals surface area (Å²) in [5, 5.41) is 2.22. The van der Waals surface area contributed by atoms with Gasteiger partial charge in [-0.2, -0.15) is 0 Å². The number of carbonyl (C=O) groups excluding carboxylic acids is 1. The third kappa shape index (κ3) is 3.84. The van der Waals surface area contributed by atoms with Gasteiger partial charge in [0.25, 0.3) is 0 Å². The lowest BCUT2D eigenvalue weighted by Gasteiger charge is -2.29. The Morgan fingerprint density at radius 1 is 0.737 bits per heavy atom. The standard InChI is InChI=1S/C33H35N3O2/c1-3-5-11-19-35-22-28(24-13-7-9-15-30(24)35)33(27-21-34-18-17-26(27)32(37)38-33)29-23-36(20-12-6-4-2)31-16-10-8-14-25(29)31/h7-10,13-18,21-23H,3-6,11-12,19-20H2,1-2H3. The molecule has 3 aromatic heterocycles. The number of esters is 1. The molecule has 0 bridgehead atoms. The summed E-state index contributed by atoms with van der Waals surface area (Å²) in [6.07, 6.45) is 14.9. The summed E-state index contributed by atoms with van der Waals surface area (Å²) in [6.45, 7) is 6.31. The number of ether oxygens (including phenoxy) is 1. The number of hydrogen-bond acceptors (Lipinski definition) is 3. The molecule has 38 heavy (non-hydrogen) atoms. The molecular formula is C33H35N3O2. The fraction of sp³-hybridized carbons (Fsp3) is 0.333. The van der Waals surface area contributed by atoms with Crippen molar-refractivity contribution in [2.45, 2.75) is 71.1 Å². The molecule has 0 atom stereocenters. The van der Waals surface area contributed by atoms with Crippen LogP contribution in [-0.4, -0.2) is 20.1 Å². The molecule has 5 nitrogen and oxygen atoms in total. The summed E-state index contributed by atoms with van der Waals surface area (Å²) < 4.78 is 11.3. The molecule has 0 fully saturated rings. The van der Waals surface area contributed by atoms with E-state index in [9.17, 15) is 4.79 Å². The Morgan fingerprint density at radius 2 is 1.29 bits per heavy atom. The van der Waals surface area contributed by atoms with Gasteiger partial charge in [-0.3, -0.25) is 4.98 Å². The van der Waals surface area contributed by atoms with Crippen LogP contribution in [0.25, 0.3) is 21.8 Å². The quantitative estimate of drug-likeness (QED) is 0.143. The zero-order valence-electron chi connectivity index (χ0n) is 22.3. The summed E-state index contributed by atoms with van der Waals surface area (Å²) in [5.74, 6) is -0.298. The molecule has 194 valence electrons. The second-order valence-corrected chi connectivity index (χ2v) is 10.4. The highest BCUT2D eigenvalue weighted by Gasteiger charge is 2.51. The number of nitrogens with zero attached hydrogens (tertiary/aromatic N) is 3. The Morgan fingerprint density at radius 3 is 1.84 bits per heavy atom. The van der Waals surface area contributed by atoms with Gasteiger partial charge >= 0.3 is 5.97 Å². The van der Waals surface area contributed by atoms with E-state index >= 15 is 0 Å². The van der Waals surface area contributed by atoms with Crippen molar-refractivity contribution in [3.8, 4) is 0 Å². The van der Waals surface area contributed by atoms with Gasteiger partial charge in [-0.15, -0.1) is 0 Å². The number of fused-ring (bicyclic) bond motifs is 3. The van der Waals surface area contributed by atoms with Crippen molar-refractivity contribution >= 4 is 27.8 Å². The van der Waals surface area contributed by atoms with Crippen molar-refractivity contribution in [1.29, 1.82) is 0 Å². The Kier molecular flexibility index (Phi) is 6.52. The van der Waals surface area contributed by atoms with E-state index in [2.05, 4.69) is 88.9 Å². The van der Waals surface area contributed by atoms with Gasteiger partial charge < -0.3 is 13.9 Å². The van der Waals surface area contributed by atoms with Gasteiger partial charge in [-0.25, -0.2) is 4.79 Å². The fourth-order valence-electron chi connectivity index (χ4n) is 6.14. The predicted molar refractivity (Wildman–Crippen MR) is 152 cm³/mol. The van der Waals surface area contributed by atoms with Crippen LogP contribution in [0.5, 0.6) is 0 Å². The van der Waals surface area contributed by atoms with Crippen LogP contribution in [0.2, 0.25) is 0 Å². The molecule has 0 spiro atoms. The number of unbranched alkanes of at least 4 members (excludes halogenated alkanes) is 4. The first-order valence-corrected chi connectivity index (χ1v) is 14.0. The number of aryl methyl sites for hydroxylation is 2. The summed E-state index contributed by atoms with van der Waals surface area (Å²) in [4.78, 5) is 18.0. The topological polar surface area (TPSA) is 49.0 Å². The zero-order chi connectivity index (χ0) is 26.1. The molecule has 4 heterocycles. The maximum Gasteiger partial charge on any atom is 0.340 e. The van der Waals surface area contributed by atoms with Crippen LogP contribution in [0.4, 0.5) is 0 Å². The molecule has 0 radical (unpaired) electrons. The van der Waals surface area contributed by atoms with Gasteiger partial charge in [0, 0.05) is 76.4 Å². The van der Waals surface area contributed by atoms with Crippen LogP contribution in [0, 0.1) is 0 Å². The monoisotopic (exact) mass is 505 g/mol. The molecular weight excluding hydrogens is 470 g/mol. The van der Waals surface area contributed by atoms with Gasteiger partial charge in [0.05, 0.1) is 5.56 Å². The minimum Gasteiger partial charge on any atom is -0.440 e. The average molecular weight is 506 g/mol. The minimum atomic E-state index is -1.08. The van der Waals surface area contributed by atoms with Crippen molar-refractivity contribution in [3.05, 3.63) is 102 Å². The second kappa shape index (κ2) is 10.1. The Balaban J connectivity index is 1.64. The van der Waals surface area contributed by atoms with E-state index in [0.717, 1.165) is 64.4 Å². The van der Waals surface area contributed by atoms with Crippen LogP contribution in [0.15, 0.2) is 79.4 Å². The first-order chi connectivity index (χ1) is 18.7. The normalized spacial score (nSPS) is 14.3. The number of rotatable bonds is 10.